The van der Waals surface area contributed by atoms with Gasteiger partial charge in [0, 0.05) is 49.4 Å². The first-order valence-electron chi connectivity index (χ1n) is 11.8. The number of carbonyl (C=O) groups is 1. The predicted molar refractivity (Wildman–Crippen MR) is 132 cm³/mol. The van der Waals surface area contributed by atoms with Crippen molar-refractivity contribution in [3.63, 3.8) is 0 Å². The summed E-state index contributed by atoms with van der Waals surface area (Å²) in [6.07, 6.45) is 1.70. The molecule has 1 aliphatic rings. The van der Waals surface area contributed by atoms with Gasteiger partial charge in [-0.05, 0) is 42.5 Å². The van der Waals surface area contributed by atoms with Gasteiger partial charge in [0.05, 0.1) is 25.1 Å². The number of imidazole rings is 1. The fraction of sp³-hybridized carbons (Fsp3) is 0.269. The van der Waals surface area contributed by atoms with E-state index in [4.69, 9.17) is 4.74 Å². The van der Waals surface area contributed by atoms with Gasteiger partial charge in [0.2, 0.25) is 0 Å². The van der Waals surface area contributed by atoms with Gasteiger partial charge < -0.3 is 15.4 Å². The summed E-state index contributed by atoms with van der Waals surface area (Å²) in [5.41, 5.74) is 3.00. The number of halogens is 2. The molecule has 8 nitrogen and oxygen atoms in total. The van der Waals surface area contributed by atoms with E-state index in [0.717, 1.165) is 62.3 Å². The largest absolute Gasteiger partial charge is 0.379 e. The first-order valence-corrected chi connectivity index (χ1v) is 11.8. The van der Waals surface area contributed by atoms with E-state index in [2.05, 4.69) is 25.6 Å². The maximum atomic E-state index is 13.9. The Hall–Kier alpha value is -3.89. The van der Waals surface area contributed by atoms with Crippen LogP contribution in [0.5, 0.6) is 0 Å². The highest BCUT2D eigenvalue weighted by Crippen LogP contribution is 2.22. The van der Waals surface area contributed by atoms with E-state index in [-0.39, 0.29) is 18.0 Å². The van der Waals surface area contributed by atoms with Gasteiger partial charge in [0.1, 0.15) is 17.5 Å². The Morgan fingerprint density at radius 1 is 1.03 bits per heavy atom. The second kappa shape index (κ2) is 10.8. The zero-order valence-corrected chi connectivity index (χ0v) is 19.6. The third-order valence-electron chi connectivity index (χ3n) is 6.09. The minimum Gasteiger partial charge on any atom is -0.379 e. The summed E-state index contributed by atoms with van der Waals surface area (Å²) in [7, 11) is 0. The van der Waals surface area contributed by atoms with Crippen molar-refractivity contribution < 1.29 is 18.3 Å². The van der Waals surface area contributed by atoms with Crippen LogP contribution in [0.3, 0.4) is 0 Å². The Bertz CT molecular complexity index is 1350. The molecule has 2 aromatic heterocycles. The minimum absolute atomic E-state index is 0.0848. The number of carbonyl (C=O) groups excluding carboxylic acids is 1. The van der Waals surface area contributed by atoms with Crippen LogP contribution in [0.15, 0.2) is 60.8 Å². The summed E-state index contributed by atoms with van der Waals surface area (Å²) in [5, 5.41) is 10.5. The standard InChI is InChI=1S/C26H26F2N6O2/c27-21-5-6-22(28)20(15-21)16-30-24-7-8-25-31-17-23(34(25)32-24)18-1-3-19(4-2-18)26(35)29-9-10-33-11-13-36-14-12-33/h1-8,15,17H,9-14,16H2,(H,29,35)(H,30,32). The number of nitrogens with zero attached hydrogens (tertiary/aromatic N) is 4. The molecular formula is C26H26F2N6O2. The molecule has 1 amide bonds. The number of hydrogen-bond acceptors (Lipinski definition) is 6. The first kappa shape index (κ1) is 23.8. The lowest BCUT2D eigenvalue weighted by Gasteiger charge is -2.26. The van der Waals surface area contributed by atoms with Crippen LogP contribution in [0.25, 0.3) is 16.9 Å². The minimum atomic E-state index is -0.497. The molecule has 0 atom stereocenters. The van der Waals surface area contributed by atoms with Crippen molar-refractivity contribution in [1.29, 1.82) is 0 Å². The topological polar surface area (TPSA) is 83.8 Å². The summed E-state index contributed by atoms with van der Waals surface area (Å²) in [5.74, 6) is -0.620. The van der Waals surface area contributed by atoms with Gasteiger partial charge >= 0.3 is 0 Å². The van der Waals surface area contributed by atoms with Crippen molar-refractivity contribution in [2.24, 2.45) is 0 Å². The number of morpholine rings is 1. The zero-order chi connectivity index (χ0) is 24.9. The SMILES string of the molecule is O=C(NCCN1CCOCC1)c1ccc(-c2cnc3ccc(NCc4cc(F)ccc4F)nn23)cc1. The van der Waals surface area contributed by atoms with E-state index in [1.165, 1.54) is 0 Å². The van der Waals surface area contributed by atoms with Gasteiger partial charge in [-0.25, -0.2) is 18.3 Å². The van der Waals surface area contributed by atoms with E-state index in [1.54, 1.807) is 35.0 Å². The number of benzene rings is 2. The van der Waals surface area contributed by atoms with Crippen molar-refractivity contribution >= 4 is 17.4 Å². The van der Waals surface area contributed by atoms with E-state index in [0.29, 0.717) is 23.6 Å². The smallest absolute Gasteiger partial charge is 0.251 e. The summed E-state index contributed by atoms with van der Waals surface area (Å²) < 4.78 is 34.4. The Morgan fingerprint density at radius 2 is 1.83 bits per heavy atom. The molecule has 3 heterocycles. The molecule has 0 spiro atoms. The number of amides is 1. The zero-order valence-electron chi connectivity index (χ0n) is 19.6. The summed E-state index contributed by atoms with van der Waals surface area (Å²) >= 11 is 0. The molecule has 36 heavy (non-hydrogen) atoms. The van der Waals surface area contributed by atoms with E-state index < -0.39 is 11.6 Å². The normalized spacial score (nSPS) is 14.2. The van der Waals surface area contributed by atoms with Crippen LogP contribution >= 0.6 is 0 Å². The number of aromatic nitrogens is 3. The number of anilines is 1. The van der Waals surface area contributed by atoms with Gasteiger partial charge in [0.15, 0.2) is 5.65 Å². The number of rotatable bonds is 8. The van der Waals surface area contributed by atoms with Crippen LogP contribution in [0.1, 0.15) is 15.9 Å². The average molecular weight is 493 g/mol. The van der Waals surface area contributed by atoms with Gasteiger partial charge in [0.25, 0.3) is 5.91 Å². The van der Waals surface area contributed by atoms with Crippen LogP contribution in [0.4, 0.5) is 14.6 Å². The highest BCUT2D eigenvalue weighted by Gasteiger charge is 2.13. The van der Waals surface area contributed by atoms with E-state index in [1.807, 2.05) is 12.1 Å². The van der Waals surface area contributed by atoms with Gasteiger partial charge in [-0.3, -0.25) is 9.69 Å². The lowest BCUT2D eigenvalue weighted by Crippen LogP contribution is -2.41. The molecule has 2 N–H and O–H groups in total. The molecule has 0 aliphatic carbocycles. The van der Waals surface area contributed by atoms with Crippen molar-refractivity contribution in [3.05, 3.63) is 83.6 Å². The molecule has 10 heteroatoms. The van der Waals surface area contributed by atoms with Crippen LogP contribution in [0, 0.1) is 11.6 Å². The van der Waals surface area contributed by atoms with Gasteiger partial charge in [-0.15, -0.1) is 5.10 Å². The van der Waals surface area contributed by atoms with Crippen molar-refractivity contribution in [2.45, 2.75) is 6.54 Å². The Balaban J connectivity index is 1.24. The molecule has 186 valence electrons. The average Bonchev–Trinajstić information content (AvgIpc) is 3.33. The van der Waals surface area contributed by atoms with Crippen LogP contribution in [0.2, 0.25) is 0 Å². The third-order valence-corrected chi connectivity index (χ3v) is 6.09. The molecule has 5 rings (SSSR count). The van der Waals surface area contributed by atoms with Crippen molar-refractivity contribution in [3.8, 4) is 11.3 Å². The van der Waals surface area contributed by atoms with Crippen molar-refractivity contribution in [2.75, 3.05) is 44.7 Å². The fourth-order valence-electron chi connectivity index (χ4n) is 4.08. The third kappa shape index (κ3) is 5.50. The maximum Gasteiger partial charge on any atom is 0.251 e. The monoisotopic (exact) mass is 492 g/mol. The molecule has 0 bridgehead atoms. The van der Waals surface area contributed by atoms with E-state index >= 15 is 0 Å². The summed E-state index contributed by atoms with van der Waals surface area (Å²) in [6, 6.07) is 14.1. The van der Waals surface area contributed by atoms with Gasteiger partial charge in [-0.1, -0.05) is 12.1 Å². The molecule has 0 saturated carbocycles. The maximum absolute atomic E-state index is 13.9. The molecule has 2 aromatic carbocycles. The number of fused-ring (bicyclic) bond motifs is 1. The van der Waals surface area contributed by atoms with Crippen LogP contribution < -0.4 is 10.6 Å². The number of nitrogens with one attached hydrogen (secondary N) is 2. The lowest BCUT2D eigenvalue weighted by molar-refractivity contribution is 0.0383. The molecule has 0 radical (unpaired) electrons. The molecular weight excluding hydrogens is 466 g/mol. The Labute approximate surface area is 206 Å². The fourth-order valence-corrected chi connectivity index (χ4v) is 4.08. The highest BCUT2D eigenvalue weighted by atomic mass is 19.1. The Morgan fingerprint density at radius 3 is 2.64 bits per heavy atom. The lowest BCUT2D eigenvalue weighted by atomic mass is 10.1. The predicted octanol–water partition coefficient (Wildman–Crippen LogP) is 3.35. The molecule has 1 fully saturated rings. The second-order valence-electron chi connectivity index (χ2n) is 8.51. The number of hydrogen-bond donors (Lipinski definition) is 2. The molecule has 1 saturated heterocycles. The molecule has 0 unspecified atom stereocenters. The quantitative estimate of drug-likeness (QED) is 0.393. The Kier molecular flexibility index (Phi) is 7.15. The van der Waals surface area contributed by atoms with Crippen LogP contribution in [-0.2, 0) is 11.3 Å². The second-order valence-corrected chi connectivity index (χ2v) is 8.51. The van der Waals surface area contributed by atoms with Gasteiger partial charge in [-0.2, -0.15) is 0 Å². The first-order chi connectivity index (χ1) is 17.6. The number of ether oxygens (including phenoxy) is 1. The van der Waals surface area contributed by atoms with E-state index in [9.17, 15) is 13.6 Å². The van der Waals surface area contributed by atoms with Crippen LogP contribution in [-0.4, -0.2) is 64.8 Å². The summed E-state index contributed by atoms with van der Waals surface area (Å²) in [4.78, 5) is 19.2. The molecule has 1 aliphatic heterocycles. The summed E-state index contributed by atoms with van der Waals surface area (Å²) in [6.45, 7) is 4.69. The van der Waals surface area contributed by atoms with Crippen molar-refractivity contribution in [1.82, 2.24) is 24.8 Å². The highest BCUT2D eigenvalue weighted by molar-refractivity contribution is 5.94. The molecule has 4 aromatic rings.